The quantitative estimate of drug-likeness (QED) is 0.0444. The first-order valence-electron chi connectivity index (χ1n) is 17.1. The van der Waals surface area contributed by atoms with Gasteiger partial charge in [0.25, 0.3) is 0 Å². The van der Waals surface area contributed by atoms with Crippen molar-refractivity contribution in [3.63, 3.8) is 0 Å². The molecule has 0 aliphatic heterocycles. The summed E-state index contributed by atoms with van der Waals surface area (Å²) in [5, 5.41) is 0. The Hall–Kier alpha value is -0.950. The van der Waals surface area contributed by atoms with Crippen LogP contribution < -0.4 is 0 Å². The van der Waals surface area contributed by atoms with Crippen LogP contribution in [-0.2, 0) is 37.2 Å². The van der Waals surface area contributed by atoms with Crippen LogP contribution in [-0.4, -0.2) is 43.5 Å². The van der Waals surface area contributed by atoms with Gasteiger partial charge in [0.1, 0.15) is 6.61 Å². The zero-order valence-electron chi connectivity index (χ0n) is 28.0. The smallest absolute Gasteiger partial charge is 0.462 e. The lowest BCUT2D eigenvalue weighted by molar-refractivity contribution is -0.161. The average Bonchev–Trinajstić information content (AvgIpc) is 2.91. The highest BCUT2D eigenvalue weighted by molar-refractivity contribution is 7.48. The molecule has 42 heavy (non-hydrogen) atoms. The van der Waals surface area contributed by atoms with Crippen molar-refractivity contribution in [2.45, 2.75) is 188 Å². The molecule has 0 unspecified atom stereocenters. The van der Waals surface area contributed by atoms with Crippen LogP contribution in [0.2, 0.25) is 0 Å². The molecule has 0 radical (unpaired) electrons. The fraction of sp³-hybridized carbons (Fsp3) is 0.939. The number of phosphoric acid groups is 1. The van der Waals surface area contributed by atoms with E-state index in [0.29, 0.717) is 6.42 Å². The second kappa shape index (κ2) is 27.6. The third-order valence-electron chi connectivity index (χ3n) is 6.80. The molecular weight excluding hydrogens is 555 g/mol. The van der Waals surface area contributed by atoms with Gasteiger partial charge in [-0.15, -0.1) is 0 Å². The number of hydrogen-bond donors (Lipinski definition) is 0. The second-order valence-corrected chi connectivity index (χ2v) is 13.6. The van der Waals surface area contributed by atoms with Crippen LogP contribution in [0.4, 0.5) is 0 Å². The molecule has 0 bridgehead atoms. The Morgan fingerprint density at radius 3 is 1.33 bits per heavy atom. The molecule has 0 aromatic heterocycles. The summed E-state index contributed by atoms with van der Waals surface area (Å²) in [6.07, 6.45) is 19.8. The topological polar surface area (TPSA) is 97.4 Å². The largest absolute Gasteiger partial charge is 0.475 e. The molecule has 0 spiro atoms. The number of carbonyl (C=O) groups excluding carboxylic acids is 2. The van der Waals surface area contributed by atoms with Gasteiger partial charge in [0, 0.05) is 12.8 Å². The number of carbonyl (C=O) groups is 2. The maximum Gasteiger partial charge on any atom is 0.475 e. The van der Waals surface area contributed by atoms with E-state index >= 15 is 0 Å². The van der Waals surface area contributed by atoms with Crippen molar-refractivity contribution in [2.24, 2.45) is 0 Å². The molecule has 0 saturated carbocycles. The van der Waals surface area contributed by atoms with E-state index in [0.717, 1.165) is 38.5 Å². The van der Waals surface area contributed by atoms with Crippen LogP contribution in [0.3, 0.4) is 0 Å². The van der Waals surface area contributed by atoms with E-state index in [4.69, 9.17) is 23.0 Å². The number of rotatable bonds is 30. The first kappa shape index (κ1) is 41.0. The van der Waals surface area contributed by atoms with Gasteiger partial charge in [0.05, 0.1) is 18.8 Å². The van der Waals surface area contributed by atoms with Crippen LogP contribution >= 0.6 is 7.82 Å². The minimum Gasteiger partial charge on any atom is -0.462 e. The van der Waals surface area contributed by atoms with E-state index in [2.05, 4.69) is 13.8 Å². The number of phosphoric ester groups is 1. The molecule has 8 nitrogen and oxygen atoms in total. The summed E-state index contributed by atoms with van der Waals surface area (Å²) in [4.78, 5) is 25.0. The van der Waals surface area contributed by atoms with Crippen LogP contribution in [0.5, 0.6) is 0 Å². The Kier molecular flexibility index (Phi) is 27.0. The molecule has 9 heteroatoms. The molecule has 0 saturated heterocycles. The second-order valence-electron chi connectivity index (χ2n) is 12.0. The molecular formula is C33H65O8P. The number of unbranched alkanes of at least 4 members (excludes halogenated alkanes) is 16. The lowest BCUT2D eigenvalue weighted by Crippen LogP contribution is -2.30. The summed E-state index contributed by atoms with van der Waals surface area (Å²) in [6, 6.07) is 0. The molecule has 0 fully saturated rings. The van der Waals surface area contributed by atoms with Crippen molar-refractivity contribution in [1.82, 2.24) is 0 Å². The summed E-state index contributed by atoms with van der Waals surface area (Å²) in [7, 11) is -3.89. The number of ether oxygens (including phenoxy) is 2. The van der Waals surface area contributed by atoms with Gasteiger partial charge in [-0.1, -0.05) is 117 Å². The zero-order valence-corrected chi connectivity index (χ0v) is 28.9. The maximum atomic E-state index is 13.1. The molecule has 1 atom stereocenters. The average molecular weight is 621 g/mol. The molecule has 0 aliphatic carbocycles. The van der Waals surface area contributed by atoms with Crippen molar-refractivity contribution in [1.29, 1.82) is 0 Å². The van der Waals surface area contributed by atoms with E-state index in [-0.39, 0.29) is 31.6 Å². The van der Waals surface area contributed by atoms with Crippen LogP contribution in [0.25, 0.3) is 0 Å². The summed E-state index contributed by atoms with van der Waals surface area (Å²) in [5.41, 5.74) is 0. The standard InChI is InChI=1S/C33H65O8P/c1-7-9-11-13-15-17-19-21-23-25-32(34)37-27-31(28-38-42(36,40-29(3)4)41-30(5)6)39-33(35)26-24-22-20-18-16-14-12-10-8-2/h29-31H,7-28H2,1-6H3/t31-/m1/s1. The Morgan fingerprint density at radius 1 is 0.548 bits per heavy atom. The van der Waals surface area contributed by atoms with Gasteiger partial charge < -0.3 is 9.47 Å². The van der Waals surface area contributed by atoms with Crippen molar-refractivity contribution < 1.29 is 37.2 Å². The lowest BCUT2D eigenvalue weighted by Gasteiger charge is -2.24. The van der Waals surface area contributed by atoms with Gasteiger partial charge in [-0.3, -0.25) is 23.2 Å². The molecule has 0 aromatic carbocycles. The van der Waals surface area contributed by atoms with E-state index in [1.165, 1.54) is 77.0 Å². The van der Waals surface area contributed by atoms with E-state index in [9.17, 15) is 14.2 Å². The highest BCUT2D eigenvalue weighted by atomic mass is 31.2. The van der Waals surface area contributed by atoms with E-state index in [1.54, 1.807) is 27.7 Å². The minimum absolute atomic E-state index is 0.164. The molecule has 0 aromatic rings. The highest BCUT2D eigenvalue weighted by Crippen LogP contribution is 2.51. The third kappa shape index (κ3) is 26.7. The summed E-state index contributed by atoms with van der Waals surface area (Å²) < 4.78 is 40.6. The predicted molar refractivity (Wildman–Crippen MR) is 171 cm³/mol. The van der Waals surface area contributed by atoms with Gasteiger partial charge in [-0.05, 0) is 40.5 Å². The highest BCUT2D eigenvalue weighted by Gasteiger charge is 2.32. The monoisotopic (exact) mass is 620 g/mol. The molecule has 0 N–H and O–H groups in total. The van der Waals surface area contributed by atoms with Gasteiger partial charge in [0.15, 0.2) is 6.10 Å². The molecule has 250 valence electrons. The SMILES string of the molecule is CCCCCCCCCCCC(=O)OC[C@H](COP(=O)(OC(C)C)OC(C)C)OC(=O)CCCCCCCCCCC. The fourth-order valence-corrected chi connectivity index (χ4v) is 6.11. The Labute approximate surface area is 258 Å². The fourth-order valence-electron chi connectivity index (χ4n) is 4.56. The lowest BCUT2D eigenvalue weighted by atomic mass is 10.1. The van der Waals surface area contributed by atoms with Crippen LogP contribution in [0.15, 0.2) is 0 Å². The van der Waals surface area contributed by atoms with Crippen LogP contribution in [0.1, 0.15) is 170 Å². The minimum atomic E-state index is -3.89. The summed E-state index contributed by atoms with van der Waals surface area (Å²) in [6.45, 7) is 10.9. The first-order chi connectivity index (χ1) is 20.1. The summed E-state index contributed by atoms with van der Waals surface area (Å²) >= 11 is 0. The molecule has 0 heterocycles. The van der Waals surface area contributed by atoms with Gasteiger partial charge >= 0.3 is 19.8 Å². The van der Waals surface area contributed by atoms with Crippen molar-refractivity contribution in [3.05, 3.63) is 0 Å². The zero-order chi connectivity index (χ0) is 31.5. The van der Waals surface area contributed by atoms with E-state index in [1.807, 2.05) is 0 Å². The van der Waals surface area contributed by atoms with Crippen LogP contribution in [0, 0.1) is 0 Å². The van der Waals surface area contributed by atoms with Gasteiger partial charge in [-0.25, -0.2) is 4.57 Å². The summed E-state index contributed by atoms with van der Waals surface area (Å²) in [5.74, 6) is -0.719. The Morgan fingerprint density at radius 2 is 0.929 bits per heavy atom. The van der Waals surface area contributed by atoms with Gasteiger partial charge in [0.2, 0.25) is 0 Å². The Balaban J connectivity index is 4.66. The molecule has 0 rings (SSSR count). The van der Waals surface area contributed by atoms with Crippen molar-refractivity contribution in [2.75, 3.05) is 13.2 Å². The normalized spacial score (nSPS) is 12.7. The molecule has 0 aliphatic rings. The maximum absolute atomic E-state index is 13.1. The first-order valence-corrected chi connectivity index (χ1v) is 18.5. The number of esters is 2. The Bertz CT molecular complexity index is 684. The van der Waals surface area contributed by atoms with Crippen molar-refractivity contribution >= 4 is 19.8 Å². The van der Waals surface area contributed by atoms with Gasteiger partial charge in [-0.2, -0.15) is 0 Å². The van der Waals surface area contributed by atoms with Crippen molar-refractivity contribution in [3.8, 4) is 0 Å². The van der Waals surface area contributed by atoms with E-state index < -0.39 is 26.1 Å². The predicted octanol–water partition coefficient (Wildman–Crippen LogP) is 10.3. The number of hydrogen-bond acceptors (Lipinski definition) is 8. The third-order valence-corrected chi connectivity index (χ3v) is 8.62. The molecule has 0 amide bonds.